The molecule has 0 bridgehead atoms. The van der Waals surface area contributed by atoms with Crippen LogP contribution in [0.3, 0.4) is 0 Å². The highest BCUT2D eigenvalue weighted by molar-refractivity contribution is 8.00. The van der Waals surface area contributed by atoms with E-state index >= 15 is 0 Å². The van der Waals surface area contributed by atoms with Crippen molar-refractivity contribution in [2.45, 2.75) is 37.3 Å². The highest BCUT2D eigenvalue weighted by atomic mass is 32.2. The summed E-state index contributed by atoms with van der Waals surface area (Å²) in [4.78, 5) is 27.6. The van der Waals surface area contributed by atoms with Gasteiger partial charge in [-0.2, -0.15) is 0 Å². The molecule has 1 heterocycles. The van der Waals surface area contributed by atoms with Gasteiger partial charge in [0, 0.05) is 27.8 Å². The molecule has 5 heteroatoms. The summed E-state index contributed by atoms with van der Waals surface area (Å²) in [5.74, 6) is 0.0297. The summed E-state index contributed by atoms with van der Waals surface area (Å²) in [5, 5.41) is 0.330. The molecule has 136 valence electrons. The van der Waals surface area contributed by atoms with Crippen LogP contribution in [0.25, 0.3) is 0 Å². The van der Waals surface area contributed by atoms with Gasteiger partial charge in [0.2, 0.25) is 5.91 Å². The van der Waals surface area contributed by atoms with Gasteiger partial charge in [0.05, 0.1) is 5.69 Å². The van der Waals surface area contributed by atoms with Crippen molar-refractivity contribution in [2.24, 2.45) is 11.7 Å². The highest BCUT2D eigenvalue weighted by Gasteiger charge is 2.30. The predicted molar refractivity (Wildman–Crippen MR) is 107 cm³/mol. The van der Waals surface area contributed by atoms with Crippen molar-refractivity contribution in [3.05, 3.63) is 59.2 Å². The lowest BCUT2D eigenvalue weighted by atomic mass is 10.1. The molecule has 0 aliphatic carbocycles. The summed E-state index contributed by atoms with van der Waals surface area (Å²) in [6.45, 7) is 7.01. The number of benzene rings is 2. The van der Waals surface area contributed by atoms with Gasteiger partial charge in [-0.15, -0.1) is 11.8 Å². The Labute approximate surface area is 158 Å². The quantitative estimate of drug-likeness (QED) is 0.877. The molecule has 1 aliphatic rings. The Morgan fingerprint density at radius 1 is 1.15 bits per heavy atom. The zero-order valence-corrected chi connectivity index (χ0v) is 16.2. The van der Waals surface area contributed by atoms with Crippen LogP contribution in [-0.2, 0) is 0 Å². The fourth-order valence-corrected chi connectivity index (χ4v) is 4.69. The lowest BCUT2D eigenvalue weighted by molar-refractivity contribution is 0.0979. The van der Waals surface area contributed by atoms with Crippen molar-refractivity contribution in [1.29, 1.82) is 0 Å². The van der Waals surface area contributed by atoms with Crippen LogP contribution in [0.5, 0.6) is 0 Å². The van der Waals surface area contributed by atoms with Crippen LogP contribution in [0.4, 0.5) is 5.69 Å². The largest absolute Gasteiger partial charge is 0.366 e. The van der Waals surface area contributed by atoms with Gasteiger partial charge in [0.25, 0.3) is 5.91 Å². The Bertz CT molecular complexity index is 830. The average molecular weight is 369 g/mol. The molecular weight excluding hydrogens is 344 g/mol. The van der Waals surface area contributed by atoms with E-state index in [1.807, 2.05) is 37.3 Å². The summed E-state index contributed by atoms with van der Waals surface area (Å²) in [6.07, 6.45) is 1.03. The number of fused-ring (bicyclic) bond motifs is 1. The number of carbonyl (C=O) groups is 2. The van der Waals surface area contributed by atoms with Gasteiger partial charge in [0.1, 0.15) is 0 Å². The second kappa shape index (κ2) is 7.54. The number of aryl methyl sites for hydroxylation is 1. The van der Waals surface area contributed by atoms with Crippen LogP contribution < -0.4 is 10.6 Å². The zero-order valence-electron chi connectivity index (χ0n) is 15.4. The van der Waals surface area contributed by atoms with Crippen molar-refractivity contribution in [3.8, 4) is 0 Å². The minimum Gasteiger partial charge on any atom is -0.366 e. The number of hydrogen-bond donors (Lipinski definition) is 1. The maximum absolute atomic E-state index is 13.2. The molecule has 0 spiro atoms. The van der Waals surface area contributed by atoms with E-state index in [4.69, 9.17) is 5.73 Å². The van der Waals surface area contributed by atoms with Gasteiger partial charge < -0.3 is 10.6 Å². The number of anilines is 1. The fourth-order valence-electron chi connectivity index (χ4n) is 3.19. The molecule has 1 aliphatic heterocycles. The second-order valence-corrected chi connectivity index (χ2v) is 8.54. The number of primary amides is 1. The van der Waals surface area contributed by atoms with E-state index in [-0.39, 0.29) is 5.91 Å². The van der Waals surface area contributed by atoms with Crippen molar-refractivity contribution >= 4 is 29.3 Å². The summed E-state index contributed by atoms with van der Waals surface area (Å²) in [5.41, 5.74) is 8.41. The highest BCUT2D eigenvalue weighted by Crippen LogP contribution is 2.41. The summed E-state index contributed by atoms with van der Waals surface area (Å²) >= 11 is 1.78. The normalized spacial score (nSPS) is 16.5. The molecule has 4 nitrogen and oxygen atoms in total. The number of nitrogens with zero attached hydrogens (tertiary/aromatic N) is 1. The van der Waals surface area contributed by atoms with E-state index in [1.165, 1.54) is 0 Å². The first-order valence-electron chi connectivity index (χ1n) is 8.84. The lowest BCUT2D eigenvalue weighted by Crippen LogP contribution is -2.40. The molecule has 26 heavy (non-hydrogen) atoms. The lowest BCUT2D eigenvalue weighted by Gasteiger charge is -2.35. The maximum atomic E-state index is 13.2. The third kappa shape index (κ3) is 3.93. The monoisotopic (exact) mass is 368 g/mol. The first-order valence-corrected chi connectivity index (χ1v) is 9.72. The first-order chi connectivity index (χ1) is 12.3. The summed E-state index contributed by atoms with van der Waals surface area (Å²) in [7, 11) is 0. The van der Waals surface area contributed by atoms with Crippen LogP contribution in [0, 0.1) is 12.8 Å². The van der Waals surface area contributed by atoms with Gasteiger partial charge in [-0.3, -0.25) is 9.59 Å². The maximum Gasteiger partial charge on any atom is 0.258 e. The Morgan fingerprint density at radius 2 is 1.81 bits per heavy atom. The first kappa shape index (κ1) is 18.5. The third-order valence-corrected chi connectivity index (χ3v) is 5.77. The third-order valence-electron chi connectivity index (χ3n) is 4.49. The number of rotatable bonds is 4. The molecule has 1 atom stereocenters. The average Bonchev–Trinajstić information content (AvgIpc) is 2.60. The van der Waals surface area contributed by atoms with Crippen molar-refractivity contribution in [3.63, 3.8) is 0 Å². The van der Waals surface area contributed by atoms with Crippen molar-refractivity contribution in [2.75, 3.05) is 11.4 Å². The molecule has 0 radical (unpaired) electrons. The van der Waals surface area contributed by atoms with E-state index in [9.17, 15) is 9.59 Å². The van der Waals surface area contributed by atoms with E-state index in [0.717, 1.165) is 22.6 Å². The molecule has 0 saturated carbocycles. The molecular formula is C21H24N2O2S. The molecule has 0 saturated heterocycles. The second-order valence-electron chi connectivity index (χ2n) is 7.20. The SMILES string of the molecule is Cc1ccc(C(=O)N2CC(CC(C)C)Sc3ccc(C(N)=O)cc32)cc1. The Balaban J connectivity index is 2.01. The van der Waals surface area contributed by atoms with Crippen LogP contribution >= 0.6 is 11.8 Å². The van der Waals surface area contributed by atoms with Gasteiger partial charge >= 0.3 is 0 Å². The van der Waals surface area contributed by atoms with Gasteiger partial charge in [-0.25, -0.2) is 0 Å². The van der Waals surface area contributed by atoms with Crippen molar-refractivity contribution < 1.29 is 9.59 Å². The molecule has 0 fully saturated rings. The molecule has 2 N–H and O–H groups in total. The van der Waals surface area contributed by atoms with Crippen molar-refractivity contribution in [1.82, 2.24) is 0 Å². The minimum atomic E-state index is -0.482. The molecule has 1 unspecified atom stereocenters. The molecule has 2 aromatic carbocycles. The minimum absolute atomic E-state index is 0.0399. The molecule has 3 rings (SSSR count). The van der Waals surface area contributed by atoms with Crippen LogP contribution in [-0.4, -0.2) is 23.6 Å². The van der Waals surface area contributed by atoms with E-state index in [0.29, 0.717) is 28.8 Å². The van der Waals surface area contributed by atoms with Crippen LogP contribution in [0.15, 0.2) is 47.4 Å². The Hall–Kier alpha value is -2.27. The van der Waals surface area contributed by atoms with E-state index in [1.54, 1.807) is 28.8 Å². The number of thioether (sulfide) groups is 1. The number of amides is 2. The smallest absolute Gasteiger partial charge is 0.258 e. The zero-order chi connectivity index (χ0) is 18.8. The molecule has 0 aromatic heterocycles. The fraction of sp³-hybridized carbons (Fsp3) is 0.333. The summed E-state index contributed by atoms with van der Waals surface area (Å²) < 4.78 is 0. The molecule has 2 aromatic rings. The Morgan fingerprint density at radius 3 is 2.42 bits per heavy atom. The van der Waals surface area contributed by atoms with Crippen LogP contribution in [0.2, 0.25) is 0 Å². The van der Waals surface area contributed by atoms with Gasteiger partial charge in [0.15, 0.2) is 0 Å². The van der Waals surface area contributed by atoms with Crippen LogP contribution in [0.1, 0.15) is 46.5 Å². The van der Waals surface area contributed by atoms with Gasteiger partial charge in [-0.1, -0.05) is 31.5 Å². The standard InChI is InChI=1S/C21H24N2O2S/c1-13(2)10-17-12-23(21(25)15-6-4-14(3)5-7-15)18-11-16(20(22)24)8-9-19(18)26-17/h4-9,11,13,17H,10,12H2,1-3H3,(H2,22,24). The molecule has 2 amide bonds. The number of carbonyl (C=O) groups excluding carboxylic acids is 2. The number of hydrogen-bond acceptors (Lipinski definition) is 3. The summed E-state index contributed by atoms with van der Waals surface area (Å²) in [6, 6.07) is 13.0. The number of nitrogens with two attached hydrogens (primary N) is 1. The van der Waals surface area contributed by atoms with E-state index < -0.39 is 5.91 Å². The van der Waals surface area contributed by atoms with E-state index in [2.05, 4.69) is 13.8 Å². The topological polar surface area (TPSA) is 63.4 Å². The predicted octanol–water partition coefficient (Wildman–Crippen LogP) is 4.26. The van der Waals surface area contributed by atoms with Gasteiger partial charge in [-0.05, 0) is 49.6 Å². The Kier molecular flexibility index (Phi) is 5.37.